The number of aromatic nitrogens is 3. The number of hydrogen-bond acceptors (Lipinski definition) is 4. The van der Waals surface area contributed by atoms with E-state index in [4.69, 9.17) is 4.74 Å². The number of pyridine rings is 1. The first-order valence-corrected chi connectivity index (χ1v) is 8.57. The van der Waals surface area contributed by atoms with Crippen LogP contribution in [-0.2, 0) is 6.42 Å². The van der Waals surface area contributed by atoms with Gasteiger partial charge in [0.2, 0.25) is 0 Å². The van der Waals surface area contributed by atoms with E-state index in [2.05, 4.69) is 38.9 Å². The lowest BCUT2D eigenvalue weighted by Gasteiger charge is -2.32. The smallest absolute Gasteiger partial charge is 0.178 e. The van der Waals surface area contributed by atoms with Gasteiger partial charge in [0.25, 0.3) is 0 Å². The van der Waals surface area contributed by atoms with Crippen molar-refractivity contribution in [3.63, 3.8) is 0 Å². The standard InChI is InChI=1S/C19H22N4O/c1-3-9-23-10-5-6-13-11-14(17(24-2)12-16(13)23)18-21-15-7-4-8-20-19(15)22-18/h4,7-8,11-12H,3,5-6,9-10H2,1-2H3,(H,20,21,22). The maximum Gasteiger partial charge on any atom is 0.178 e. The summed E-state index contributed by atoms with van der Waals surface area (Å²) in [5.74, 6) is 1.67. The van der Waals surface area contributed by atoms with Crippen molar-refractivity contribution in [1.82, 2.24) is 15.0 Å². The van der Waals surface area contributed by atoms with Gasteiger partial charge in [0.15, 0.2) is 5.65 Å². The SMILES string of the molecule is CCCN1CCCc2cc(-c3nc4ncccc4[nH]3)c(OC)cc21. The molecule has 5 heteroatoms. The number of benzene rings is 1. The molecule has 1 aliphatic heterocycles. The van der Waals surface area contributed by atoms with Gasteiger partial charge < -0.3 is 14.6 Å². The van der Waals surface area contributed by atoms with Crippen LogP contribution < -0.4 is 9.64 Å². The normalized spacial score (nSPS) is 14.0. The molecule has 3 heterocycles. The highest BCUT2D eigenvalue weighted by Gasteiger charge is 2.21. The van der Waals surface area contributed by atoms with Gasteiger partial charge in [-0.1, -0.05) is 6.92 Å². The van der Waals surface area contributed by atoms with Crippen molar-refractivity contribution in [3.8, 4) is 17.1 Å². The van der Waals surface area contributed by atoms with Gasteiger partial charge in [-0.05, 0) is 43.0 Å². The van der Waals surface area contributed by atoms with Gasteiger partial charge in [0.1, 0.15) is 11.6 Å². The predicted molar refractivity (Wildman–Crippen MR) is 96.7 cm³/mol. The molecule has 1 aromatic carbocycles. The molecule has 0 unspecified atom stereocenters. The highest BCUT2D eigenvalue weighted by Crippen LogP contribution is 2.38. The van der Waals surface area contributed by atoms with Crippen molar-refractivity contribution >= 4 is 16.9 Å². The first-order valence-electron chi connectivity index (χ1n) is 8.57. The number of rotatable bonds is 4. The highest BCUT2D eigenvalue weighted by atomic mass is 16.5. The summed E-state index contributed by atoms with van der Waals surface area (Å²) in [6.45, 7) is 4.43. The molecule has 0 atom stereocenters. The fourth-order valence-electron chi connectivity index (χ4n) is 3.52. The van der Waals surface area contributed by atoms with Gasteiger partial charge in [-0.25, -0.2) is 9.97 Å². The molecule has 0 saturated carbocycles. The van der Waals surface area contributed by atoms with E-state index < -0.39 is 0 Å². The molecule has 124 valence electrons. The van der Waals surface area contributed by atoms with Gasteiger partial charge in [-0.3, -0.25) is 0 Å². The number of aryl methyl sites for hydroxylation is 1. The van der Waals surface area contributed by atoms with Crippen LogP contribution in [0.4, 0.5) is 5.69 Å². The van der Waals surface area contributed by atoms with E-state index in [9.17, 15) is 0 Å². The van der Waals surface area contributed by atoms with Gasteiger partial charge >= 0.3 is 0 Å². The molecule has 5 nitrogen and oxygen atoms in total. The second-order valence-corrected chi connectivity index (χ2v) is 6.23. The van der Waals surface area contributed by atoms with Crippen molar-refractivity contribution in [3.05, 3.63) is 36.0 Å². The number of hydrogen-bond donors (Lipinski definition) is 1. The Labute approximate surface area is 141 Å². The number of fused-ring (bicyclic) bond motifs is 2. The molecule has 0 fully saturated rings. The second kappa shape index (κ2) is 6.15. The molecule has 0 aliphatic carbocycles. The summed E-state index contributed by atoms with van der Waals surface area (Å²) in [4.78, 5) is 14.8. The molecular formula is C19H22N4O. The van der Waals surface area contributed by atoms with Crippen LogP contribution >= 0.6 is 0 Å². The fraction of sp³-hybridized carbons (Fsp3) is 0.368. The number of aromatic amines is 1. The molecule has 0 bridgehead atoms. The van der Waals surface area contributed by atoms with Gasteiger partial charge in [0.05, 0.1) is 18.2 Å². The number of nitrogens with zero attached hydrogens (tertiary/aromatic N) is 3. The highest BCUT2D eigenvalue weighted by molar-refractivity contribution is 5.79. The zero-order valence-electron chi connectivity index (χ0n) is 14.2. The molecule has 24 heavy (non-hydrogen) atoms. The molecule has 1 N–H and O–H groups in total. The number of nitrogens with one attached hydrogen (secondary N) is 1. The van der Waals surface area contributed by atoms with E-state index in [1.54, 1.807) is 13.3 Å². The first-order chi connectivity index (χ1) is 11.8. The summed E-state index contributed by atoms with van der Waals surface area (Å²) in [5.41, 5.74) is 5.37. The zero-order valence-corrected chi connectivity index (χ0v) is 14.2. The average molecular weight is 322 g/mol. The summed E-state index contributed by atoms with van der Waals surface area (Å²) in [5, 5.41) is 0. The molecule has 0 radical (unpaired) electrons. The van der Waals surface area contributed by atoms with Crippen LogP contribution in [0, 0.1) is 0 Å². The van der Waals surface area contributed by atoms with Crippen molar-refractivity contribution in [2.45, 2.75) is 26.2 Å². The summed E-state index contributed by atoms with van der Waals surface area (Å²) in [7, 11) is 1.72. The Morgan fingerprint density at radius 1 is 1.33 bits per heavy atom. The van der Waals surface area contributed by atoms with Crippen LogP contribution in [0.3, 0.4) is 0 Å². The lowest BCUT2D eigenvalue weighted by atomic mass is 9.98. The third kappa shape index (κ3) is 2.50. The number of ether oxygens (including phenoxy) is 1. The maximum atomic E-state index is 5.68. The summed E-state index contributed by atoms with van der Waals surface area (Å²) < 4.78 is 5.68. The number of H-pyrrole nitrogens is 1. The lowest BCUT2D eigenvalue weighted by molar-refractivity contribution is 0.415. The minimum atomic E-state index is 0.736. The van der Waals surface area contributed by atoms with Crippen molar-refractivity contribution in [2.75, 3.05) is 25.1 Å². The molecular weight excluding hydrogens is 300 g/mol. The van der Waals surface area contributed by atoms with Crippen LogP contribution in [0.15, 0.2) is 30.5 Å². The fourth-order valence-corrected chi connectivity index (χ4v) is 3.52. The third-order valence-electron chi connectivity index (χ3n) is 4.62. The number of methoxy groups -OCH3 is 1. The predicted octanol–water partition coefficient (Wildman–Crippen LogP) is 3.80. The Kier molecular flexibility index (Phi) is 3.84. The van der Waals surface area contributed by atoms with Crippen LogP contribution in [-0.4, -0.2) is 35.2 Å². The number of anilines is 1. The molecule has 4 rings (SSSR count). The van der Waals surface area contributed by atoms with Crippen LogP contribution in [0.5, 0.6) is 5.75 Å². The first kappa shape index (κ1) is 15.0. The third-order valence-corrected chi connectivity index (χ3v) is 4.62. The zero-order chi connectivity index (χ0) is 16.5. The van der Waals surface area contributed by atoms with E-state index in [-0.39, 0.29) is 0 Å². The van der Waals surface area contributed by atoms with Crippen LogP contribution in [0.2, 0.25) is 0 Å². The summed E-state index contributed by atoms with van der Waals surface area (Å²) >= 11 is 0. The van der Waals surface area contributed by atoms with Gasteiger partial charge in [0, 0.05) is 31.0 Å². The van der Waals surface area contributed by atoms with E-state index in [1.807, 2.05) is 12.1 Å². The van der Waals surface area contributed by atoms with Crippen LogP contribution in [0.1, 0.15) is 25.3 Å². The Hall–Kier alpha value is -2.56. The average Bonchev–Trinajstić information content (AvgIpc) is 3.05. The van der Waals surface area contributed by atoms with E-state index >= 15 is 0 Å². The van der Waals surface area contributed by atoms with Gasteiger partial charge in [-0.2, -0.15) is 0 Å². The van der Waals surface area contributed by atoms with Gasteiger partial charge in [-0.15, -0.1) is 0 Å². The second-order valence-electron chi connectivity index (χ2n) is 6.23. The van der Waals surface area contributed by atoms with Crippen molar-refractivity contribution < 1.29 is 4.74 Å². The monoisotopic (exact) mass is 322 g/mol. The Morgan fingerprint density at radius 3 is 3.04 bits per heavy atom. The minimum Gasteiger partial charge on any atom is -0.496 e. The molecule has 0 spiro atoms. The largest absolute Gasteiger partial charge is 0.496 e. The topological polar surface area (TPSA) is 54.0 Å². The Bertz CT molecular complexity index is 838. The molecule has 1 aliphatic rings. The van der Waals surface area contributed by atoms with E-state index in [0.29, 0.717) is 0 Å². The lowest BCUT2D eigenvalue weighted by Crippen LogP contribution is -2.30. The van der Waals surface area contributed by atoms with Crippen LogP contribution in [0.25, 0.3) is 22.6 Å². The minimum absolute atomic E-state index is 0.736. The van der Waals surface area contributed by atoms with E-state index in [0.717, 1.165) is 54.2 Å². The molecule has 0 saturated heterocycles. The quantitative estimate of drug-likeness (QED) is 0.794. The summed E-state index contributed by atoms with van der Waals surface area (Å²) in [6.07, 6.45) is 5.21. The summed E-state index contributed by atoms with van der Waals surface area (Å²) in [6, 6.07) is 8.30. The molecule has 2 aromatic heterocycles. The Morgan fingerprint density at radius 2 is 2.25 bits per heavy atom. The van der Waals surface area contributed by atoms with Crippen molar-refractivity contribution in [2.24, 2.45) is 0 Å². The number of imidazole rings is 1. The van der Waals surface area contributed by atoms with E-state index in [1.165, 1.54) is 17.7 Å². The van der Waals surface area contributed by atoms with Crippen molar-refractivity contribution in [1.29, 1.82) is 0 Å². The molecule has 0 amide bonds. The Balaban J connectivity index is 1.83. The maximum absolute atomic E-state index is 5.68. The molecule has 3 aromatic rings.